The number of benzene rings is 2. The number of alkyl halides is 3. The number of rotatable bonds is 5. The van der Waals surface area contributed by atoms with Crippen molar-refractivity contribution < 1.29 is 32.3 Å². The fourth-order valence-corrected chi connectivity index (χ4v) is 3.33. The van der Waals surface area contributed by atoms with E-state index in [-0.39, 0.29) is 12.2 Å². The topological polar surface area (TPSA) is 79.0 Å². The molecule has 1 N–H and O–H groups in total. The lowest BCUT2D eigenvalue weighted by Crippen LogP contribution is -2.49. The lowest BCUT2D eigenvalue weighted by atomic mass is 10.2. The van der Waals surface area contributed by atoms with Crippen molar-refractivity contribution in [3.63, 3.8) is 0 Å². The van der Waals surface area contributed by atoms with Crippen molar-refractivity contribution in [3.8, 4) is 5.75 Å². The average Bonchev–Trinajstić information content (AvgIpc) is 2.71. The first kappa shape index (κ1) is 23.4. The lowest BCUT2D eigenvalue weighted by molar-refractivity contribution is -0.137. The van der Waals surface area contributed by atoms with Gasteiger partial charge in [-0.05, 0) is 37.3 Å². The SMILES string of the molecule is CC1Oc2ccccc2N(CC(=O)N(C)CC(=O)Nc2ccc(Cl)c(C(F)(F)F)c2)C1=O. The highest BCUT2D eigenvalue weighted by Crippen LogP contribution is 2.36. The second-order valence-electron chi connectivity index (χ2n) is 7.14. The maximum absolute atomic E-state index is 13.0. The number of nitrogens with one attached hydrogen (secondary N) is 1. The highest BCUT2D eigenvalue weighted by atomic mass is 35.5. The standard InChI is InChI=1S/C21H19ClF3N3O4/c1-12-20(31)28(16-5-3-4-6-17(16)32-12)11-19(30)27(2)10-18(29)26-13-7-8-15(22)14(9-13)21(23,24)25/h3-9,12H,10-11H2,1-2H3,(H,26,29). The Morgan fingerprint density at radius 1 is 1.22 bits per heavy atom. The molecule has 32 heavy (non-hydrogen) atoms. The van der Waals surface area contributed by atoms with Crippen LogP contribution in [0.1, 0.15) is 12.5 Å². The minimum Gasteiger partial charge on any atom is -0.479 e. The number of carbonyl (C=O) groups excluding carboxylic acids is 3. The van der Waals surface area contributed by atoms with E-state index in [9.17, 15) is 27.6 Å². The summed E-state index contributed by atoms with van der Waals surface area (Å²) in [5.41, 5.74) is -0.763. The van der Waals surface area contributed by atoms with Gasteiger partial charge in [0.2, 0.25) is 11.8 Å². The number of ether oxygens (including phenoxy) is 1. The molecule has 0 aromatic heterocycles. The third-order valence-corrected chi connectivity index (χ3v) is 5.06. The number of anilines is 2. The molecule has 1 aliphatic heterocycles. The number of nitrogens with zero attached hydrogens (tertiary/aromatic N) is 2. The molecule has 1 unspecified atom stereocenters. The molecule has 0 saturated carbocycles. The molecule has 0 saturated heterocycles. The van der Waals surface area contributed by atoms with Crippen molar-refractivity contribution in [2.75, 3.05) is 30.4 Å². The van der Waals surface area contributed by atoms with Crippen molar-refractivity contribution in [1.82, 2.24) is 4.90 Å². The monoisotopic (exact) mass is 469 g/mol. The molecule has 3 amide bonds. The summed E-state index contributed by atoms with van der Waals surface area (Å²) in [4.78, 5) is 39.7. The largest absolute Gasteiger partial charge is 0.479 e. The van der Waals surface area contributed by atoms with Gasteiger partial charge in [-0.1, -0.05) is 23.7 Å². The Balaban J connectivity index is 1.65. The predicted octanol–water partition coefficient (Wildman–Crippen LogP) is 3.57. The van der Waals surface area contributed by atoms with Crippen LogP contribution in [0.5, 0.6) is 5.75 Å². The van der Waals surface area contributed by atoms with Crippen molar-refractivity contribution in [2.45, 2.75) is 19.2 Å². The highest BCUT2D eigenvalue weighted by Gasteiger charge is 2.34. The maximum atomic E-state index is 13.0. The lowest BCUT2D eigenvalue weighted by Gasteiger charge is -2.33. The van der Waals surface area contributed by atoms with Gasteiger partial charge in [-0.3, -0.25) is 19.3 Å². The van der Waals surface area contributed by atoms with Crippen molar-refractivity contribution in [3.05, 3.63) is 53.1 Å². The van der Waals surface area contributed by atoms with Gasteiger partial charge in [0.15, 0.2) is 6.10 Å². The minimum atomic E-state index is -4.68. The second-order valence-corrected chi connectivity index (χ2v) is 7.55. The Bertz CT molecular complexity index is 1060. The maximum Gasteiger partial charge on any atom is 0.417 e. The Morgan fingerprint density at radius 2 is 1.91 bits per heavy atom. The number of hydrogen-bond acceptors (Lipinski definition) is 4. The van der Waals surface area contributed by atoms with E-state index in [1.807, 2.05) is 0 Å². The zero-order valence-corrected chi connectivity index (χ0v) is 17.8. The van der Waals surface area contributed by atoms with E-state index < -0.39 is 47.1 Å². The summed E-state index contributed by atoms with van der Waals surface area (Å²) in [6.07, 6.45) is -5.46. The van der Waals surface area contributed by atoms with Gasteiger partial charge in [-0.25, -0.2) is 0 Å². The third kappa shape index (κ3) is 5.13. The third-order valence-electron chi connectivity index (χ3n) is 4.73. The molecule has 7 nitrogen and oxygen atoms in total. The van der Waals surface area contributed by atoms with Crippen molar-refractivity contribution >= 4 is 40.7 Å². The molecule has 1 atom stereocenters. The predicted molar refractivity (Wildman–Crippen MR) is 112 cm³/mol. The van der Waals surface area contributed by atoms with Crippen molar-refractivity contribution in [2.24, 2.45) is 0 Å². The molecule has 0 bridgehead atoms. The van der Waals surface area contributed by atoms with E-state index in [4.69, 9.17) is 16.3 Å². The Kier molecular flexibility index (Phi) is 6.63. The smallest absolute Gasteiger partial charge is 0.417 e. The zero-order valence-electron chi connectivity index (χ0n) is 17.1. The summed E-state index contributed by atoms with van der Waals surface area (Å²) in [5.74, 6) is -1.20. The number of hydrogen-bond donors (Lipinski definition) is 1. The quantitative estimate of drug-likeness (QED) is 0.726. The van der Waals surface area contributed by atoms with Gasteiger partial charge in [0.25, 0.3) is 5.91 Å². The summed E-state index contributed by atoms with van der Waals surface area (Å²) in [7, 11) is 1.35. The molecule has 0 aliphatic carbocycles. The molecular weight excluding hydrogens is 451 g/mol. The van der Waals surface area contributed by atoms with E-state index in [2.05, 4.69) is 5.32 Å². The van der Waals surface area contributed by atoms with Crippen LogP contribution in [0.25, 0.3) is 0 Å². The van der Waals surface area contributed by atoms with Crippen molar-refractivity contribution in [1.29, 1.82) is 0 Å². The van der Waals surface area contributed by atoms with Crippen LogP contribution in [-0.4, -0.2) is 48.9 Å². The average molecular weight is 470 g/mol. The van der Waals surface area contributed by atoms with E-state index in [1.165, 1.54) is 18.0 Å². The highest BCUT2D eigenvalue weighted by molar-refractivity contribution is 6.31. The van der Waals surface area contributed by atoms with Gasteiger partial charge in [0, 0.05) is 12.7 Å². The number of halogens is 4. The van der Waals surface area contributed by atoms with Gasteiger partial charge in [-0.2, -0.15) is 13.2 Å². The number of amides is 3. The minimum absolute atomic E-state index is 0.112. The molecule has 2 aromatic carbocycles. The van der Waals surface area contributed by atoms with Gasteiger partial charge in [-0.15, -0.1) is 0 Å². The molecular formula is C21H19ClF3N3O4. The Hall–Kier alpha value is -3.27. The van der Waals surface area contributed by atoms with Crippen LogP contribution in [-0.2, 0) is 20.6 Å². The zero-order chi connectivity index (χ0) is 23.6. The molecule has 3 rings (SSSR count). The first-order valence-electron chi connectivity index (χ1n) is 9.45. The molecule has 2 aromatic rings. The Labute approximate surface area is 186 Å². The summed E-state index contributed by atoms with van der Waals surface area (Å²) in [5, 5.41) is 1.82. The van der Waals surface area contributed by atoms with Crippen LogP contribution in [0.15, 0.2) is 42.5 Å². The van der Waals surface area contributed by atoms with Crippen LogP contribution >= 0.6 is 11.6 Å². The molecule has 0 spiro atoms. The van der Waals surface area contributed by atoms with Gasteiger partial charge >= 0.3 is 6.18 Å². The Morgan fingerprint density at radius 3 is 2.59 bits per heavy atom. The number of para-hydroxylation sites is 2. The van der Waals surface area contributed by atoms with Crippen LogP contribution < -0.4 is 15.0 Å². The van der Waals surface area contributed by atoms with E-state index >= 15 is 0 Å². The molecule has 0 fully saturated rings. The fourth-order valence-electron chi connectivity index (χ4n) is 3.10. The molecule has 1 aliphatic rings. The van der Waals surface area contributed by atoms with Crippen LogP contribution in [0.3, 0.4) is 0 Å². The summed E-state index contributed by atoms with van der Waals surface area (Å²) in [6, 6.07) is 9.71. The molecule has 170 valence electrons. The second kappa shape index (κ2) is 9.07. The van der Waals surface area contributed by atoms with Gasteiger partial charge < -0.3 is 15.0 Å². The van der Waals surface area contributed by atoms with Gasteiger partial charge in [0.1, 0.15) is 12.3 Å². The first-order chi connectivity index (χ1) is 15.0. The summed E-state index contributed by atoms with van der Waals surface area (Å²) >= 11 is 5.57. The normalized spacial score (nSPS) is 15.6. The molecule has 0 radical (unpaired) electrons. The molecule has 1 heterocycles. The van der Waals surface area contributed by atoms with E-state index in [0.717, 1.165) is 11.0 Å². The van der Waals surface area contributed by atoms with Crippen LogP contribution in [0.2, 0.25) is 5.02 Å². The van der Waals surface area contributed by atoms with E-state index in [1.54, 1.807) is 31.2 Å². The molecule has 11 heteroatoms. The van der Waals surface area contributed by atoms with Crippen LogP contribution in [0.4, 0.5) is 24.5 Å². The summed E-state index contributed by atoms with van der Waals surface area (Å²) < 4.78 is 44.5. The first-order valence-corrected chi connectivity index (χ1v) is 9.83. The number of likely N-dealkylation sites (N-methyl/N-ethyl adjacent to an activating group) is 1. The number of carbonyl (C=O) groups is 3. The van der Waals surface area contributed by atoms with Gasteiger partial charge in [0.05, 0.1) is 22.8 Å². The summed E-state index contributed by atoms with van der Waals surface area (Å²) in [6.45, 7) is 0.805. The number of fused-ring (bicyclic) bond motifs is 1. The van der Waals surface area contributed by atoms with E-state index in [0.29, 0.717) is 17.5 Å². The fraction of sp³-hybridized carbons (Fsp3) is 0.286. The van der Waals surface area contributed by atoms with Crippen LogP contribution in [0, 0.1) is 0 Å².